The molecular weight excluding hydrogens is 376 g/mol. The Kier molecular flexibility index (Phi) is 6.91. The van der Waals surface area contributed by atoms with E-state index >= 15 is 0 Å². The van der Waals surface area contributed by atoms with Crippen LogP contribution in [0.3, 0.4) is 0 Å². The van der Waals surface area contributed by atoms with Gasteiger partial charge in [0.25, 0.3) is 0 Å². The molecule has 2 heterocycles. The van der Waals surface area contributed by atoms with Crippen LogP contribution in [0.25, 0.3) is 5.69 Å². The molecule has 1 aromatic carbocycles. The number of hydrogen-bond acceptors (Lipinski definition) is 6. The van der Waals surface area contributed by atoms with Crippen molar-refractivity contribution in [1.82, 2.24) is 25.4 Å². The first-order valence-corrected chi connectivity index (χ1v) is 10.5. The first kappa shape index (κ1) is 20.2. The quantitative estimate of drug-likeness (QED) is 0.722. The molecule has 3 rings (SSSR count). The molecular formula is C19H26N6O2S. The van der Waals surface area contributed by atoms with Crippen LogP contribution in [0.2, 0.25) is 0 Å². The topological polar surface area (TPSA) is 92.2 Å². The average Bonchev–Trinajstić information content (AvgIpc) is 3.12. The van der Waals surface area contributed by atoms with Crippen molar-refractivity contribution in [3.05, 3.63) is 29.8 Å². The lowest BCUT2D eigenvalue weighted by atomic mass is 10.1. The van der Waals surface area contributed by atoms with Crippen LogP contribution in [0.15, 0.2) is 29.4 Å². The number of carbonyl (C=O) groups is 2. The maximum atomic E-state index is 12.0. The van der Waals surface area contributed by atoms with E-state index in [1.807, 2.05) is 35.8 Å². The van der Waals surface area contributed by atoms with Crippen LogP contribution in [0.4, 0.5) is 10.7 Å². The Morgan fingerprint density at radius 3 is 2.50 bits per heavy atom. The Balaban J connectivity index is 1.80. The van der Waals surface area contributed by atoms with E-state index in [1.165, 1.54) is 23.7 Å². The summed E-state index contributed by atoms with van der Waals surface area (Å²) in [5.74, 6) is 0.519. The van der Waals surface area contributed by atoms with Gasteiger partial charge in [-0.15, -0.1) is 10.2 Å². The van der Waals surface area contributed by atoms with Crippen LogP contribution in [0.1, 0.15) is 31.7 Å². The zero-order valence-corrected chi connectivity index (χ0v) is 17.1. The second kappa shape index (κ2) is 9.59. The zero-order chi connectivity index (χ0) is 19.9. The third-order valence-corrected chi connectivity index (χ3v) is 5.40. The molecule has 9 heteroatoms. The van der Waals surface area contributed by atoms with E-state index in [4.69, 9.17) is 0 Å². The molecule has 3 amide bonds. The molecule has 1 aliphatic rings. The Morgan fingerprint density at radius 2 is 1.82 bits per heavy atom. The number of amides is 3. The first-order chi connectivity index (χ1) is 13.6. The summed E-state index contributed by atoms with van der Waals surface area (Å²) < 4.78 is 1.99. The Hall–Kier alpha value is -2.55. The summed E-state index contributed by atoms with van der Waals surface area (Å²) in [5, 5.41) is 14.2. The summed E-state index contributed by atoms with van der Waals surface area (Å²) in [6.45, 7) is 6.21. The smallest absolute Gasteiger partial charge is 0.321 e. The number of carbonyl (C=O) groups excluding carboxylic acids is 2. The van der Waals surface area contributed by atoms with E-state index < -0.39 is 6.03 Å². The number of nitrogens with zero attached hydrogens (tertiary/aromatic N) is 4. The van der Waals surface area contributed by atoms with Crippen molar-refractivity contribution in [3.8, 4) is 5.69 Å². The third kappa shape index (κ3) is 5.03. The highest BCUT2D eigenvalue weighted by Crippen LogP contribution is 2.28. The molecule has 150 valence electrons. The minimum Gasteiger partial charge on any atom is -0.341 e. The summed E-state index contributed by atoms with van der Waals surface area (Å²) in [4.78, 5) is 25.8. The molecule has 0 radical (unpaired) electrons. The molecule has 1 saturated heterocycles. The highest BCUT2D eigenvalue weighted by Gasteiger charge is 2.22. The van der Waals surface area contributed by atoms with E-state index in [0.29, 0.717) is 11.7 Å². The lowest BCUT2D eigenvalue weighted by Crippen LogP contribution is -2.40. The number of rotatable bonds is 6. The summed E-state index contributed by atoms with van der Waals surface area (Å²) in [6, 6.07) is 7.68. The summed E-state index contributed by atoms with van der Waals surface area (Å²) >= 11 is 1.27. The monoisotopic (exact) mass is 402 g/mol. The standard InChI is InChI=1S/C19H26N6O2S/c1-3-20-17(27)21-16(26)13-28-19-23-22-18(24-11-5-4-6-12-24)25(19)15-9-7-14(2)8-10-15/h7-10H,3-6,11-13H2,1-2H3,(H2,20,21,26,27). The number of aromatic nitrogens is 3. The molecule has 0 spiro atoms. The van der Waals surface area contributed by atoms with E-state index in [-0.39, 0.29) is 11.7 Å². The van der Waals surface area contributed by atoms with E-state index in [0.717, 1.165) is 37.6 Å². The highest BCUT2D eigenvalue weighted by atomic mass is 32.2. The molecule has 2 aromatic rings. The Labute approximate surface area is 169 Å². The predicted molar refractivity (Wildman–Crippen MR) is 110 cm³/mol. The number of benzene rings is 1. The van der Waals surface area contributed by atoms with Crippen molar-refractivity contribution in [2.75, 3.05) is 30.3 Å². The number of urea groups is 1. The lowest BCUT2D eigenvalue weighted by molar-refractivity contribution is -0.117. The maximum Gasteiger partial charge on any atom is 0.321 e. The number of anilines is 1. The van der Waals surface area contributed by atoms with E-state index in [1.54, 1.807) is 6.92 Å². The molecule has 28 heavy (non-hydrogen) atoms. The first-order valence-electron chi connectivity index (χ1n) is 9.56. The molecule has 0 bridgehead atoms. The fraction of sp³-hybridized carbons (Fsp3) is 0.474. The maximum absolute atomic E-state index is 12.0. The summed E-state index contributed by atoms with van der Waals surface area (Å²) in [5.41, 5.74) is 2.13. The second-order valence-electron chi connectivity index (χ2n) is 6.70. The van der Waals surface area contributed by atoms with Gasteiger partial charge in [0.1, 0.15) is 0 Å². The van der Waals surface area contributed by atoms with E-state index in [2.05, 4.69) is 25.7 Å². The number of piperidine rings is 1. The molecule has 1 aromatic heterocycles. The molecule has 1 aliphatic heterocycles. The number of hydrogen-bond donors (Lipinski definition) is 2. The van der Waals surface area contributed by atoms with Gasteiger partial charge in [0.05, 0.1) is 11.4 Å². The van der Waals surface area contributed by atoms with E-state index in [9.17, 15) is 9.59 Å². The molecule has 8 nitrogen and oxygen atoms in total. The fourth-order valence-corrected chi connectivity index (χ4v) is 3.82. The van der Waals surface area contributed by atoms with Gasteiger partial charge in [-0.05, 0) is 45.2 Å². The van der Waals surface area contributed by atoms with Crippen LogP contribution >= 0.6 is 11.8 Å². The fourth-order valence-electron chi connectivity index (χ4n) is 3.07. The molecule has 0 unspecified atom stereocenters. The van der Waals surface area contributed by atoms with Gasteiger partial charge in [0, 0.05) is 19.6 Å². The molecule has 0 aliphatic carbocycles. The SMILES string of the molecule is CCNC(=O)NC(=O)CSc1nnc(N2CCCCC2)n1-c1ccc(C)cc1. The van der Waals surface area contributed by atoms with Crippen molar-refractivity contribution in [3.63, 3.8) is 0 Å². The van der Waals surface area contributed by atoms with Crippen LogP contribution in [0.5, 0.6) is 0 Å². The molecule has 0 atom stereocenters. The Bertz CT molecular complexity index is 814. The minimum absolute atomic E-state index is 0.0845. The minimum atomic E-state index is -0.484. The summed E-state index contributed by atoms with van der Waals surface area (Å²) in [6.07, 6.45) is 3.51. The second-order valence-corrected chi connectivity index (χ2v) is 7.64. The van der Waals surface area contributed by atoms with Crippen LogP contribution in [0, 0.1) is 6.92 Å². The average molecular weight is 403 g/mol. The van der Waals surface area contributed by atoms with Crippen LogP contribution < -0.4 is 15.5 Å². The number of imide groups is 1. The molecule has 0 saturated carbocycles. The van der Waals surface area contributed by atoms with Crippen LogP contribution in [-0.4, -0.2) is 52.1 Å². The van der Waals surface area contributed by atoms with Crippen molar-refractivity contribution < 1.29 is 9.59 Å². The zero-order valence-electron chi connectivity index (χ0n) is 16.3. The van der Waals surface area contributed by atoms with Gasteiger partial charge in [0.2, 0.25) is 11.9 Å². The van der Waals surface area contributed by atoms with Gasteiger partial charge in [-0.3, -0.25) is 14.7 Å². The number of nitrogens with one attached hydrogen (secondary N) is 2. The van der Waals surface area contributed by atoms with Gasteiger partial charge >= 0.3 is 6.03 Å². The van der Waals surface area contributed by atoms with Crippen molar-refractivity contribution >= 4 is 29.6 Å². The lowest BCUT2D eigenvalue weighted by Gasteiger charge is -2.27. The third-order valence-electron chi connectivity index (χ3n) is 4.47. The van der Waals surface area contributed by atoms with Crippen molar-refractivity contribution in [2.45, 2.75) is 38.3 Å². The number of aryl methyl sites for hydroxylation is 1. The largest absolute Gasteiger partial charge is 0.341 e. The number of thioether (sulfide) groups is 1. The molecule has 1 fully saturated rings. The molecule has 2 N–H and O–H groups in total. The van der Waals surface area contributed by atoms with Gasteiger partial charge in [-0.2, -0.15) is 0 Å². The summed E-state index contributed by atoms with van der Waals surface area (Å²) in [7, 11) is 0. The normalized spacial score (nSPS) is 14.0. The Morgan fingerprint density at radius 1 is 1.11 bits per heavy atom. The van der Waals surface area contributed by atoms with Gasteiger partial charge < -0.3 is 10.2 Å². The van der Waals surface area contributed by atoms with Gasteiger partial charge in [-0.25, -0.2) is 4.79 Å². The van der Waals surface area contributed by atoms with Crippen LogP contribution in [-0.2, 0) is 4.79 Å². The predicted octanol–water partition coefficient (Wildman–Crippen LogP) is 2.50. The van der Waals surface area contributed by atoms with Crippen molar-refractivity contribution in [2.24, 2.45) is 0 Å². The van der Waals surface area contributed by atoms with Gasteiger partial charge in [0.15, 0.2) is 5.16 Å². The van der Waals surface area contributed by atoms with Gasteiger partial charge in [-0.1, -0.05) is 29.5 Å². The van der Waals surface area contributed by atoms with Crippen molar-refractivity contribution in [1.29, 1.82) is 0 Å². The highest BCUT2D eigenvalue weighted by molar-refractivity contribution is 7.99.